The summed E-state index contributed by atoms with van der Waals surface area (Å²) in [4.78, 5) is 2.36. The van der Waals surface area contributed by atoms with Crippen molar-refractivity contribution < 1.29 is 0 Å². The van der Waals surface area contributed by atoms with Gasteiger partial charge < -0.3 is 10.2 Å². The van der Waals surface area contributed by atoms with Crippen LogP contribution in [0.15, 0.2) is 22.7 Å². The van der Waals surface area contributed by atoms with E-state index in [0.29, 0.717) is 0 Å². The van der Waals surface area contributed by atoms with Crippen LogP contribution in [0.25, 0.3) is 0 Å². The molecule has 0 atom stereocenters. The van der Waals surface area contributed by atoms with Gasteiger partial charge in [-0.05, 0) is 65.9 Å². The summed E-state index contributed by atoms with van der Waals surface area (Å²) in [5.41, 5.74) is 1.39. The van der Waals surface area contributed by atoms with E-state index in [1.54, 1.807) is 0 Å². The van der Waals surface area contributed by atoms with E-state index in [4.69, 9.17) is 0 Å². The Morgan fingerprint density at radius 2 is 2.11 bits per heavy atom. The molecule has 1 aromatic carbocycles. The van der Waals surface area contributed by atoms with Gasteiger partial charge in [-0.3, -0.25) is 0 Å². The summed E-state index contributed by atoms with van der Waals surface area (Å²) in [6, 6.07) is 6.46. The minimum absolute atomic E-state index is 0.723. The molecule has 1 aromatic rings. The topological polar surface area (TPSA) is 15.3 Å². The summed E-state index contributed by atoms with van der Waals surface area (Å²) < 4.78 is 2.49. The number of halogens is 2. The van der Waals surface area contributed by atoms with Crippen LogP contribution in [-0.4, -0.2) is 31.6 Å². The lowest BCUT2D eigenvalue weighted by molar-refractivity contribution is 0.321. The van der Waals surface area contributed by atoms with Crippen molar-refractivity contribution in [3.8, 4) is 0 Å². The lowest BCUT2D eigenvalue weighted by Crippen LogP contribution is -2.31. The average Bonchev–Trinajstić information content (AvgIpc) is 2.29. The van der Waals surface area contributed by atoms with Crippen molar-refractivity contribution in [2.45, 2.75) is 20.4 Å². The highest BCUT2D eigenvalue weighted by Gasteiger charge is 2.05. The van der Waals surface area contributed by atoms with E-state index in [-0.39, 0.29) is 0 Å². The highest BCUT2D eigenvalue weighted by atomic mass is 127. The zero-order chi connectivity index (χ0) is 13.5. The van der Waals surface area contributed by atoms with Crippen LogP contribution >= 0.6 is 38.5 Å². The molecule has 0 radical (unpaired) electrons. The minimum atomic E-state index is 0.723. The zero-order valence-electron chi connectivity index (χ0n) is 11.3. The maximum Gasteiger partial charge on any atom is 0.0242 e. The van der Waals surface area contributed by atoms with Crippen molar-refractivity contribution in [2.24, 2.45) is 5.92 Å². The van der Waals surface area contributed by atoms with Crippen molar-refractivity contribution in [3.63, 3.8) is 0 Å². The van der Waals surface area contributed by atoms with Gasteiger partial charge >= 0.3 is 0 Å². The van der Waals surface area contributed by atoms with Crippen molar-refractivity contribution in [3.05, 3.63) is 31.8 Å². The van der Waals surface area contributed by atoms with Gasteiger partial charge in [0, 0.05) is 27.7 Å². The molecule has 0 saturated heterocycles. The van der Waals surface area contributed by atoms with Gasteiger partial charge in [-0.2, -0.15) is 0 Å². The van der Waals surface area contributed by atoms with Gasteiger partial charge in [-0.15, -0.1) is 0 Å². The highest BCUT2D eigenvalue weighted by Crippen LogP contribution is 2.19. The summed E-state index contributed by atoms with van der Waals surface area (Å²) in [7, 11) is 2.17. The second kappa shape index (κ2) is 8.51. The molecule has 0 bridgehead atoms. The normalized spacial score (nSPS) is 11.5. The average molecular weight is 425 g/mol. The molecule has 0 unspecified atom stereocenters. The van der Waals surface area contributed by atoms with E-state index < -0.39 is 0 Å². The molecule has 0 aliphatic heterocycles. The summed E-state index contributed by atoms with van der Waals surface area (Å²) in [5.74, 6) is 0.723. The number of rotatable bonds is 7. The first-order valence-electron chi connectivity index (χ1n) is 6.32. The number of likely N-dealkylation sites (N-methyl/N-ethyl adjacent to an activating group) is 1. The van der Waals surface area contributed by atoms with E-state index >= 15 is 0 Å². The molecule has 4 heteroatoms. The van der Waals surface area contributed by atoms with Gasteiger partial charge in [0.15, 0.2) is 0 Å². The third kappa shape index (κ3) is 6.50. The smallest absolute Gasteiger partial charge is 0.0242 e. The van der Waals surface area contributed by atoms with Gasteiger partial charge in [-0.1, -0.05) is 29.8 Å². The van der Waals surface area contributed by atoms with Gasteiger partial charge in [-0.25, -0.2) is 0 Å². The molecule has 2 nitrogen and oxygen atoms in total. The number of nitrogens with one attached hydrogen (secondary N) is 1. The number of benzene rings is 1. The minimum Gasteiger partial charge on any atom is -0.315 e. The van der Waals surface area contributed by atoms with E-state index in [1.165, 1.54) is 9.13 Å². The molecular formula is C14H22BrIN2. The lowest BCUT2D eigenvalue weighted by Gasteiger charge is -2.18. The Morgan fingerprint density at radius 1 is 1.39 bits per heavy atom. The zero-order valence-corrected chi connectivity index (χ0v) is 15.1. The van der Waals surface area contributed by atoms with Crippen molar-refractivity contribution in [1.29, 1.82) is 0 Å². The Morgan fingerprint density at radius 3 is 2.78 bits per heavy atom. The van der Waals surface area contributed by atoms with Crippen LogP contribution in [0.4, 0.5) is 0 Å². The van der Waals surface area contributed by atoms with E-state index in [2.05, 4.69) is 87.8 Å². The Hall–Kier alpha value is 0.350. The van der Waals surface area contributed by atoms with Crippen LogP contribution in [0, 0.1) is 9.49 Å². The van der Waals surface area contributed by atoms with Crippen LogP contribution in [0.1, 0.15) is 19.4 Å². The van der Waals surface area contributed by atoms with Crippen LogP contribution in [0.3, 0.4) is 0 Å². The fraction of sp³-hybridized carbons (Fsp3) is 0.571. The molecule has 1 N–H and O–H groups in total. The molecule has 0 spiro atoms. The lowest BCUT2D eigenvalue weighted by atomic mass is 10.2. The Balaban J connectivity index is 2.35. The molecule has 0 amide bonds. The monoisotopic (exact) mass is 424 g/mol. The number of hydrogen-bond donors (Lipinski definition) is 1. The molecule has 0 heterocycles. The molecule has 0 fully saturated rings. The van der Waals surface area contributed by atoms with Crippen molar-refractivity contribution in [2.75, 3.05) is 26.7 Å². The molecule has 1 rings (SSSR count). The van der Waals surface area contributed by atoms with Crippen LogP contribution in [0.2, 0.25) is 0 Å². The molecular weight excluding hydrogens is 403 g/mol. The van der Waals surface area contributed by atoms with Crippen LogP contribution in [-0.2, 0) is 6.54 Å². The summed E-state index contributed by atoms with van der Waals surface area (Å²) in [5, 5.41) is 3.47. The fourth-order valence-electron chi connectivity index (χ4n) is 1.69. The molecule has 0 aromatic heterocycles. The molecule has 0 saturated carbocycles. The summed E-state index contributed by atoms with van der Waals surface area (Å²) in [6.45, 7) is 8.71. The van der Waals surface area contributed by atoms with E-state index in [9.17, 15) is 0 Å². The first-order valence-corrected chi connectivity index (χ1v) is 8.19. The van der Waals surface area contributed by atoms with Crippen LogP contribution in [0.5, 0.6) is 0 Å². The predicted octanol–water partition coefficient (Wildman–Crippen LogP) is 3.73. The first kappa shape index (κ1) is 16.4. The highest BCUT2D eigenvalue weighted by molar-refractivity contribution is 14.1. The standard InChI is InChI=1S/C14H22BrIN2/c1-11(2)9-17-6-7-18(3)10-12-8-13(15)4-5-14(12)16/h4-5,8,11,17H,6-7,9-10H2,1-3H3. The second-order valence-corrected chi connectivity index (χ2v) is 7.15. The largest absolute Gasteiger partial charge is 0.315 e. The molecule has 0 aliphatic rings. The van der Waals surface area contributed by atoms with Gasteiger partial charge in [0.05, 0.1) is 0 Å². The fourth-order valence-corrected chi connectivity index (χ4v) is 2.61. The van der Waals surface area contributed by atoms with Crippen molar-refractivity contribution >= 4 is 38.5 Å². The second-order valence-electron chi connectivity index (χ2n) is 5.07. The predicted molar refractivity (Wildman–Crippen MR) is 90.9 cm³/mol. The Labute approximate surface area is 133 Å². The number of hydrogen-bond acceptors (Lipinski definition) is 2. The van der Waals surface area contributed by atoms with Crippen molar-refractivity contribution in [1.82, 2.24) is 10.2 Å². The molecule has 0 aliphatic carbocycles. The SMILES string of the molecule is CC(C)CNCCN(C)Cc1cc(Br)ccc1I. The Kier molecular flexibility index (Phi) is 7.75. The molecule has 102 valence electrons. The van der Waals surface area contributed by atoms with Gasteiger partial charge in [0.2, 0.25) is 0 Å². The third-order valence-electron chi connectivity index (χ3n) is 2.67. The quantitative estimate of drug-likeness (QED) is 0.529. The number of nitrogens with zero attached hydrogens (tertiary/aromatic N) is 1. The van der Waals surface area contributed by atoms with Gasteiger partial charge in [0.1, 0.15) is 0 Å². The first-order chi connectivity index (χ1) is 8.49. The summed E-state index contributed by atoms with van der Waals surface area (Å²) in [6.07, 6.45) is 0. The van der Waals surface area contributed by atoms with E-state index in [1.807, 2.05) is 0 Å². The third-order valence-corrected chi connectivity index (χ3v) is 4.22. The maximum atomic E-state index is 3.53. The van der Waals surface area contributed by atoms with Crippen LogP contribution < -0.4 is 5.32 Å². The van der Waals surface area contributed by atoms with Gasteiger partial charge in [0.25, 0.3) is 0 Å². The molecule has 18 heavy (non-hydrogen) atoms. The summed E-state index contributed by atoms with van der Waals surface area (Å²) >= 11 is 5.93. The van der Waals surface area contributed by atoms with E-state index in [0.717, 1.165) is 36.6 Å². The Bertz CT molecular complexity index is 369. The maximum absolute atomic E-state index is 3.53.